The molecule has 0 fully saturated rings. The molecule has 0 unspecified atom stereocenters. The fourth-order valence-electron chi connectivity index (χ4n) is 2.97. The van der Waals surface area contributed by atoms with Crippen LogP contribution in [0, 0.1) is 11.7 Å². The van der Waals surface area contributed by atoms with Crippen LogP contribution in [0.3, 0.4) is 0 Å². The molecule has 0 aliphatic rings. The molecule has 1 aromatic heterocycles. The Bertz CT molecular complexity index is 1080. The Morgan fingerprint density at radius 3 is 2.45 bits per heavy atom. The van der Waals surface area contributed by atoms with Gasteiger partial charge in [-0.25, -0.2) is 4.39 Å². The molecule has 0 radical (unpaired) electrons. The van der Waals surface area contributed by atoms with Gasteiger partial charge >= 0.3 is 5.97 Å². The van der Waals surface area contributed by atoms with Crippen LogP contribution in [0.2, 0.25) is 0 Å². The van der Waals surface area contributed by atoms with Gasteiger partial charge in [0.15, 0.2) is 5.69 Å². The normalized spacial score (nSPS) is 13.0. The minimum Gasteiger partial charge on any atom is -0.481 e. The number of primary amides is 1. The summed E-state index contributed by atoms with van der Waals surface area (Å²) < 4.78 is 14.7. The van der Waals surface area contributed by atoms with Crippen molar-refractivity contribution in [1.29, 1.82) is 0 Å². The summed E-state index contributed by atoms with van der Waals surface area (Å²) in [5, 5.41) is 16.4. The number of amides is 2. The van der Waals surface area contributed by atoms with Gasteiger partial charge in [0.1, 0.15) is 11.9 Å². The molecule has 9 heteroatoms. The van der Waals surface area contributed by atoms with E-state index in [0.29, 0.717) is 17.4 Å². The van der Waals surface area contributed by atoms with Crippen LogP contribution in [0.15, 0.2) is 48.5 Å². The van der Waals surface area contributed by atoms with E-state index in [1.165, 1.54) is 19.1 Å². The summed E-state index contributed by atoms with van der Waals surface area (Å²) in [5.74, 6) is -4.49. The molecule has 0 aliphatic carbocycles. The molecular formula is C20H19FN4O4. The average Bonchev–Trinajstić information content (AvgIpc) is 3.05. The van der Waals surface area contributed by atoms with Crippen molar-refractivity contribution in [2.45, 2.75) is 19.5 Å². The first-order valence-electron chi connectivity index (χ1n) is 8.81. The number of carbonyl (C=O) groups excluding carboxylic acids is 2. The SMILES string of the molecule is C[C@@H](C(=O)O)[C@H](NC(=O)c1nn(Cc2ccc(F)cc2)c2ccccc12)C(N)=O. The molecular weight excluding hydrogens is 379 g/mol. The number of carboxylic acid groups (broad SMARTS) is 1. The molecule has 8 nitrogen and oxygen atoms in total. The van der Waals surface area contributed by atoms with E-state index in [1.54, 1.807) is 41.1 Å². The van der Waals surface area contributed by atoms with E-state index in [4.69, 9.17) is 10.8 Å². The highest BCUT2D eigenvalue weighted by Gasteiger charge is 2.31. The Kier molecular flexibility index (Phi) is 5.58. The number of hydrogen-bond donors (Lipinski definition) is 3. The number of carboxylic acids is 1. The van der Waals surface area contributed by atoms with Gasteiger partial charge in [-0.3, -0.25) is 19.1 Å². The van der Waals surface area contributed by atoms with Gasteiger partial charge in [-0.05, 0) is 30.7 Å². The predicted octanol–water partition coefficient (Wildman–Crippen LogP) is 1.53. The first-order chi connectivity index (χ1) is 13.8. The van der Waals surface area contributed by atoms with Gasteiger partial charge in [0.25, 0.3) is 5.91 Å². The van der Waals surface area contributed by atoms with Gasteiger partial charge in [0.2, 0.25) is 5.91 Å². The lowest BCUT2D eigenvalue weighted by molar-refractivity contribution is -0.144. The molecule has 0 aliphatic heterocycles. The van der Waals surface area contributed by atoms with Crippen molar-refractivity contribution in [3.05, 3.63) is 65.6 Å². The van der Waals surface area contributed by atoms with Crippen molar-refractivity contribution < 1.29 is 23.9 Å². The van der Waals surface area contributed by atoms with Crippen molar-refractivity contribution >= 4 is 28.7 Å². The van der Waals surface area contributed by atoms with Crippen LogP contribution in [0.5, 0.6) is 0 Å². The largest absolute Gasteiger partial charge is 0.481 e. The van der Waals surface area contributed by atoms with E-state index in [-0.39, 0.29) is 11.5 Å². The molecule has 3 aromatic rings. The monoisotopic (exact) mass is 398 g/mol. The van der Waals surface area contributed by atoms with Crippen LogP contribution < -0.4 is 11.1 Å². The van der Waals surface area contributed by atoms with E-state index < -0.39 is 29.7 Å². The van der Waals surface area contributed by atoms with Gasteiger partial charge in [-0.15, -0.1) is 0 Å². The maximum Gasteiger partial charge on any atom is 0.308 e. The third kappa shape index (κ3) is 4.23. The number of rotatable bonds is 7. The lowest BCUT2D eigenvalue weighted by Gasteiger charge is -2.18. The summed E-state index contributed by atoms with van der Waals surface area (Å²) in [6.07, 6.45) is 0. The minimum absolute atomic E-state index is 0.0338. The van der Waals surface area contributed by atoms with Crippen LogP contribution in [-0.4, -0.2) is 38.7 Å². The van der Waals surface area contributed by atoms with Gasteiger partial charge in [0, 0.05) is 5.39 Å². The van der Waals surface area contributed by atoms with Crippen LogP contribution in [0.4, 0.5) is 4.39 Å². The van der Waals surface area contributed by atoms with Gasteiger partial charge in [0.05, 0.1) is 18.0 Å². The zero-order valence-corrected chi connectivity index (χ0v) is 15.5. The lowest BCUT2D eigenvalue weighted by Crippen LogP contribution is -2.50. The summed E-state index contributed by atoms with van der Waals surface area (Å²) in [6, 6.07) is 11.5. The molecule has 4 N–H and O–H groups in total. The zero-order valence-electron chi connectivity index (χ0n) is 15.5. The van der Waals surface area contributed by atoms with Crippen molar-refractivity contribution in [3.63, 3.8) is 0 Å². The Labute approximate surface area is 165 Å². The third-order valence-corrected chi connectivity index (χ3v) is 4.60. The summed E-state index contributed by atoms with van der Waals surface area (Å²) in [4.78, 5) is 35.6. The van der Waals surface area contributed by atoms with Crippen LogP contribution >= 0.6 is 0 Å². The van der Waals surface area contributed by atoms with E-state index >= 15 is 0 Å². The predicted molar refractivity (Wildman–Crippen MR) is 102 cm³/mol. The van der Waals surface area contributed by atoms with Gasteiger partial charge < -0.3 is 16.2 Å². The molecule has 3 rings (SSSR count). The minimum atomic E-state index is -1.39. The first-order valence-corrected chi connectivity index (χ1v) is 8.81. The Morgan fingerprint density at radius 2 is 1.83 bits per heavy atom. The number of benzene rings is 2. The van der Waals surface area contributed by atoms with E-state index in [2.05, 4.69) is 10.4 Å². The van der Waals surface area contributed by atoms with Crippen molar-refractivity contribution in [2.24, 2.45) is 11.7 Å². The Hall–Kier alpha value is -3.75. The summed E-state index contributed by atoms with van der Waals surface area (Å²) in [7, 11) is 0. The lowest BCUT2D eigenvalue weighted by atomic mass is 10.0. The Balaban J connectivity index is 1.94. The highest BCUT2D eigenvalue weighted by molar-refractivity contribution is 6.06. The van der Waals surface area contributed by atoms with E-state index in [0.717, 1.165) is 5.56 Å². The second kappa shape index (κ2) is 8.09. The van der Waals surface area contributed by atoms with Gasteiger partial charge in [-0.1, -0.05) is 30.3 Å². The highest BCUT2D eigenvalue weighted by atomic mass is 19.1. The van der Waals surface area contributed by atoms with Crippen LogP contribution in [0.25, 0.3) is 10.9 Å². The third-order valence-electron chi connectivity index (χ3n) is 4.60. The Morgan fingerprint density at radius 1 is 1.17 bits per heavy atom. The number of aromatic nitrogens is 2. The molecule has 0 spiro atoms. The number of nitrogens with zero attached hydrogens (tertiary/aromatic N) is 2. The van der Waals surface area contributed by atoms with Crippen LogP contribution in [0.1, 0.15) is 23.0 Å². The molecule has 0 saturated heterocycles. The summed E-state index contributed by atoms with van der Waals surface area (Å²) >= 11 is 0. The number of hydrogen-bond acceptors (Lipinski definition) is 4. The number of para-hydroxylation sites is 1. The van der Waals surface area contributed by atoms with E-state index in [9.17, 15) is 18.8 Å². The second-order valence-electron chi connectivity index (χ2n) is 6.63. The number of aliphatic carboxylic acids is 1. The van der Waals surface area contributed by atoms with Gasteiger partial charge in [-0.2, -0.15) is 5.10 Å². The summed E-state index contributed by atoms with van der Waals surface area (Å²) in [6.45, 7) is 1.57. The van der Waals surface area contributed by atoms with Crippen molar-refractivity contribution in [1.82, 2.24) is 15.1 Å². The zero-order chi connectivity index (χ0) is 21.1. The molecule has 29 heavy (non-hydrogen) atoms. The quantitative estimate of drug-likeness (QED) is 0.556. The number of nitrogens with one attached hydrogen (secondary N) is 1. The molecule has 2 aromatic carbocycles. The summed E-state index contributed by atoms with van der Waals surface area (Å²) in [5.41, 5.74) is 6.73. The number of fused-ring (bicyclic) bond motifs is 1. The standard InChI is InChI=1S/C20H19FN4O4/c1-11(20(28)29)16(18(22)26)23-19(27)17-14-4-2-3-5-15(14)25(24-17)10-12-6-8-13(21)9-7-12/h2-9,11,16H,10H2,1H3,(H2,22,26)(H,23,27)(H,28,29)/t11-,16+/m1/s1. The fourth-order valence-corrected chi connectivity index (χ4v) is 2.97. The molecule has 1 heterocycles. The second-order valence-corrected chi connectivity index (χ2v) is 6.63. The van der Waals surface area contributed by atoms with Crippen molar-refractivity contribution in [2.75, 3.05) is 0 Å². The topological polar surface area (TPSA) is 127 Å². The molecule has 2 atom stereocenters. The molecule has 150 valence electrons. The number of carbonyl (C=O) groups is 3. The smallest absolute Gasteiger partial charge is 0.308 e. The highest BCUT2D eigenvalue weighted by Crippen LogP contribution is 2.20. The maximum absolute atomic E-state index is 13.1. The molecule has 2 amide bonds. The fraction of sp³-hybridized carbons (Fsp3) is 0.200. The average molecular weight is 398 g/mol. The van der Waals surface area contributed by atoms with E-state index in [1.807, 2.05) is 0 Å². The number of nitrogens with two attached hydrogens (primary N) is 1. The molecule has 0 saturated carbocycles. The van der Waals surface area contributed by atoms with Crippen molar-refractivity contribution in [3.8, 4) is 0 Å². The molecule has 0 bridgehead atoms. The maximum atomic E-state index is 13.1. The number of halogens is 1. The first kappa shape index (κ1) is 20.0. The van der Waals surface area contributed by atoms with Crippen LogP contribution in [-0.2, 0) is 16.1 Å².